The molecule has 6 nitrogen and oxygen atoms in total. The van der Waals surface area contributed by atoms with Crippen LogP contribution in [0.1, 0.15) is 13.3 Å². The highest BCUT2D eigenvalue weighted by Gasteiger charge is 2.35. The van der Waals surface area contributed by atoms with Crippen LogP contribution in [0.5, 0.6) is 0 Å². The minimum absolute atomic E-state index is 0.347. The van der Waals surface area contributed by atoms with E-state index in [1.54, 1.807) is 6.92 Å². The van der Waals surface area contributed by atoms with E-state index < -0.39 is 52.3 Å². The second-order valence-electron chi connectivity index (χ2n) is 10.1. The maximum Gasteiger partial charge on any atom is 0.392 e. The number of alkyl halides is 3. The number of rotatable bonds is 9. The molecule has 0 saturated carbocycles. The van der Waals surface area contributed by atoms with Crippen molar-refractivity contribution in [1.29, 1.82) is 0 Å². The fraction of sp³-hybridized carbons (Fsp3) is 0.619. The summed E-state index contributed by atoms with van der Waals surface area (Å²) in [4.78, 5) is 22.2. The van der Waals surface area contributed by atoms with Gasteiger partial charge < -0.3 is 17.1 Å². The van der Waals surface area contributed by atoms with Crippen LogP contribution in [0.15, 0.2) is 37.5 Å². The average molecular weight is 561 g/mol. The Labute approximate surface area is 208 Å². The molecule has 0 aliphatic heterocycles. The van der Waals surface area contributed by atoms with Crippen molar-refractivity contribution in [2.75, 3.05) is 0 Å². The SMILES string of the molecule is C=C(C)C(=O)O[Si](C)(C)O[Si](C)(C)C.C=CC(=O)O[Si](C)(C)O[Si](C)(C)C.C=CCC(F)(F)F. The Bertz CT molecular complexity index is 694. The highest BCUT2D eigenvalue weighted by atomic mass is 28.4. The first kappa shape index (κ1) is 37.3. The van der Waals surface area contributed by atoms with Gasteiger partial charge in [-0.05, 0) is 72.4 Å². The van der Waals surface area contributed by atoms with Crippen LogP contribution >= 0.6 is 0 Å². The van der Waals surface area contributed by atoms with E-state index in [1.165, 1.54) is 6.08 Å². The van der Waals surface area contributed by atoms with Crippen LogP contribution in [0.4, 0.5) is 13.2 Å². The van der Waals surface area contributed by atoms with Gasteiger partial charge in [-0.3, -0.25) is 0 Å². The summed E-state index contributed by atoms with van der Waals surface area (Å²) >= 11 is 0. The zero-order chi connectivity index (χ0) is 28.2. The van der Waals surface area contributed by atoms with Gasteiger partial charge in [0.05, 0.1) is 6.42 Å². The van der Waals surface area contributed by atoms with Crippen molar-refractivity contribution >= 4 is 45.7 Å². The molecule has 34 heavy (non-hydrogen) atoms. The van der Waals surface area contributed by atoms with E-state index in [0.29, 0.717) is 5.57 Å². The third kappa shape index (κ3) is 28.8. The van der Waals surface area contributed by atoms with Crippen LogP contribution in [-0.4, -0.2) is 51.9 Å². The van der Waals surface area contributed by atoms with Gasteiger partial charge in [0.15, 0.2) is 16.6 Å². The lowest BCUT2D eigenvalue weighted by Crippen LogP contribution is -2.46. The number of hydrogen-bond donors (Lipinski definition) is 0. The number of carbonyl (C=O) groups is 2. The average Bonchev–Trinajstić information content (AvgIpc) is 2.48. The zero-order valence-electron chi connectivity index (χ0n) is 22.6. The summed E-state index contributed by atoms with van der Waals surface area (Å²) in [6.45, 7) is 31.4. The first-order chi connectivity index (χ1) is 14.8. The molecule has 0 aromatic heterocycles. The van der Waals surface area contributed by atoms with Gasteiger partial charge in [-0.25, -0.2) is 9.59 Å². The number of hydrogen-bond acceptors (Lipinski definition) is 6. The summed E-state index contributed by atoms with van der Waals surface area (Å²) in [5, 5.41) is 0. The smallest absolute Gasteiger partial charge is 0.392 e. The maximum absolute atomic E-state index is 11.3. The van der Waals surface area contributed by atoms with Crippen molar-refractivity contribution in [3.05, 3.63) is 37.5 Å². The Hall–Kier alpha value is -1.26. The van der Waals surface area contributed by atoms with Gasteiger partial charge in [-0.2, -0.15) is 13.2 Å². The Balaban J connectivity index is -0.000000448. The van der Waals surface area contributed by atoms with E-state index in [-0.39, 0.29) is 5.97 Å². The highest BCUT2D eigenvalue weighted by molar-refractivity contribution is 6.82. The summed E-state index contributed by atoms with van der Waals surface area (Å²) in [6.07, 6.45) is -2.96. The van der Waals surface area contributed by atoms with Crippen LogP contribution in [0.25, 0.3) is 0 Å². The normalized spacial score (nSPS) is 12.2. The first-order valence-electron chi connectivity index (χ1n) is 10.6. The molecule has 0 spiro atoms. The van der Waals surface area contributed by atoms with Crippen LogP contribution in [0.3, 0.4) is 0 Å². The maximum atomic E-state index is 11.3. The second-order valence-corrected chi connectivity index (χ2v) is 26.2. The third-order valence-electron chi connectivity index (χ3n) is 2.68. The lowest BCUT2D eigenvalue weighted by Gasteiger charge is -2.30. The fourth-order valence-electron chi connectivity index (χ4n) is 2.27. The summed E-state index contributed by atoms with van der Waals surface area (Å²) < 4.78 is 55.0. The van der Waals surface area contributed by atoms with Crippen LogP contribution < -0.4 is 0 Å². The van der Waals surface area contributed by atoms with Crippen molar-refractivity contribution < 1.29 is 39.8 Å². The van der Waals surface area contributed by atoms with Gasteiger partial charge in [0.25, 0.3) is 0 Å². The standard InChI is InChI=1S/C9H20O3Si2.C8H18O3Si2.C4H5F3/c1-8(2)9(10)11-14(6,7)12-13(3,4)5;1-7-8(9)10-13(5,6)11-12(2,3)4;1-2-3-4(5,6)7/h1H2,2-7H3;7H,1H2,2-6H3;2H,1,3H2. The lowest BCUT2D eigenvalue weighted by atomic mass is 10.4. The fourth-order valence-corrected chi connectivity index (χ4v) is 15.6. The summed E-state index contributed by atoms with van der Waals surface area (Å²) in [6, 6.07) is 0. The van der Waals surface area contributed by atoms with Gasteiger partial charge in [-0.1, -0.05) is 19.2 Å². The first-order valence-corrected chi connectivity index (χ1v) is 23.0. The second kappa shape index (κ2) is 15.0. The van der Waals surface area contributed by atoms with E-state index in [4.69, 9.17) is 17.1 Å². The third-order valence-corrected chi connectivity index (χ3v) is 12.9. The molecule has 0 unspecified atom stereocenters. The molecule has 0 aromatic rings. The van der Waals surface area contributed by atoms with E-state index >= 15 is 0 Å². The molecule has 0 bridgehead atoms. The molecule has 0 aliphatic rings. The van der Waals surface area contributed by atoms with Crippen molar-refractivity contribution in [2.24, 2.45) is 0 Å². The quantitative estimate of drug-likeness (QED) is 0.171. The van der Waals surface area contributed by atoms with Gasteiger partial charge in [0, 0.05) is 11.6 Å². The molecule has 0 N–H and O–H groups in total. The topological polar surface area (TPSA) is 71.1 Å². The van der Waals surface area contributed by atoms with Crippen LogP contribution in [0, 0.1) is 0 Å². The van der Waals surface area contributed by atoms with Gasteiger partial charge in [0.2, 0.25) is 0 Å². The predicted molar refractivity (Wildman–Crippen MR) is 142 cm³/mol. The molecule has 0 atom stereocenters. The highest BCUT2D eigenvalue weighted by Crippen LogP contribution is 2.19. The minimum atomic E-state index is -4.07. The summed E-state index contributed by atoms with van der Waals surface area (Å²) in [5.74, 6) is -0.741. The molecule has 0 radical (unpaired) electrons. The van der Waals surface area contributed by atoms with Crippen molar-refractivity contribution in [3.8, 4) is 0 Å². The molecule has 0 saturated heterocycles. The zero-order valence-corrected chi connectivity index (χ0v) is 26.6. The molecule has 0 aromatic carbocycles. The lowest BCUT2D eigenvalue weighted by molar-refractivity contribution is -0.132. The Kier molecular flexibility index (Phi) is 16.4. The van der Waals surface area contributed by atoms with Crippen molar-refractivity contribution in [1.82, 2.24) is 0 Å². The molecule has 13 heteroatoms. The summed E-state index contributed by atoms with van der Waals surface area (Å²) in [5.41, 5.74) is 0.421. The minimum Gasteiger partial charge on any atom is -0.492 e. The van der Waals surface area contributed by atoms with E-state index in [9.17, 15) is 22.8 Å². The van der Waals surface area contributed by atoms with Gasteiger partial charge in [0.1, 0.15) is 0 Å². The monoisotopic (exact) mass is 560 g/mol. The number of carbonyl (C=O) groups excluding carboxylic acids is 2. The molecule has 0 fully saturated rings. The molecule has 0 rings (SSSR count). The molecule has 0 aliphatic carbocycles. The van der Waals surface area contributed by atoms with Crippen LogP contribution in [0.2, 0.25) is 65.5 Å². The van der Waals surface area contributed by atoms with E-state index in [0.717, 1.165) is 6.08 Å². The van der Waals surface area contributed by atoms with E-state index in [2.05, 4.69) is 59.0 Å². The molecular formula is C21H43F3O6Si4. The number of halogens is 3. The number of allylic oxidation sites excluding steroid dienone is 1. The summed E-state index contributed by atoms with van der Waals surface area (Å²) in [7, 11) is -7.86. The Morgan fingerprint density at radius 1 is 0.794 bits per heavy atom. The van der Waals surface area contributed by atoms with Crippen molar-refractivity contribution in [2.45, 2.75) is 85.0 Å². The predicted octanol–water partition coefficient (Wildman–Crippen LogP) is 7.05. The Morgan fingerprint density at radius 2 is 1.15 bits per heavy atom. The molecule has 0 amide bonds. The van der Waals surface area contributed by atoms with Crippen molar-refractivity contribution in [3.63, 3.8) is 0 Å². The van der Waals surface area contributed by atoms with Crippen LogP contribution in [-0.2, 0) is 26.7 Å². The van der Waals surface area contributed by atoms with Gasteiger partial charge in [-0.15, -0.1) is 6.58 Å². The van der Waals surface area contributed by atoms with Gasteiger partial charge >= 0.3 is 35.2 Å². The van der Waals surface area contributed by atoms with E-state index in [1.807, 2.05) is 26.2 Å². The molecular weight excluding hydrogens is 518 g/mol. The molecule has 200 valence electrons. The Morgan fingerprint density at radius 3 is 1.35 bits per heavy atom. The largest absolute Gasteiger partial charge is 0.492 e. The molecule has 0 heterocycles.